The predicted octanol–water partition coefficient (Wildman–Crippen LogP) is 4.28. The molecule has 2 aromatic carbocycles. The van der Waals surface area contributed by atoms with Gasteiger partial charge in [0.2, 0.25) is 10.0 Å². The van der Waals surface area contributed by atoms with E-state index in [-0.39, 0.29) is 17.3 Å². The van der Waals surface area contributed by atoms with Crippen molar-refractivity contribution in [3.8, 4) is 0 Å². The van der Waals surface area contributed by atoms with E-state index in [1.54, 1.807) is 0 Å². The molecule has 0 spiro atoms. The van der Waals surface area contributed by atoms with Crippen molar-refractivity contribution in [2.24, 2.45) is 0 Å². The van der Waals surface area contributed by atoms with E-state index in [0.717, 1.165) is 21.9 Å². The van der Waals surface area contributed by atoms with E-state index in [1.807, 2.05) is 44.2 Å². The van der Waals surface area contributed by atoms with Crippen LogP contribution in [0, 0.1) is 19.7 Å². The van der Waals surface area contributed by atoms with Crippen LogP contribution in [0.25, 0.3) is 0 Å². The number of aryl methyl sites for hydroxylation is 1. The van der Waals surface area contributed by atoms with Gasteiger partial charge in [-0.25, -0.2) is 17.5 Å². The molecule has 0 aliphatic carbocycles. The van der Waals surface area contributed by atoms with Crippen molar-refractivity contribution >= 4 is 27.7 Å². The van der Waals surface area contributed by atoms with Crippen LogP contribution in [-0.2, 0) is 10.0 Å². The lowest BCUT2D eigenvalue weighted by Crippen LogP contribution is -2.43. The summed E-state index contributed by atoms with van der Waals surface area (Å²) in [6.07, 6.45) is 0.987. The van der Waals surface area contributed by atoms with Gasteiger partial charge in [-0.1, -0.05) is 30.0 Å². The molecule has 1 saturated heterocycles. The second-order valence-corrected chi connectivity index (χ2v) is 10.4. The van der Waals surface area contributed by atoms with Gasteiger partial charge in [-0.3, -0.25) is 4.79 Å². The summed E-state index contributed by atoms with van der Waals surface area (Å²) in [7, 11) is -3.92. The number of carbonyl (C=O) groups excluding carboxylic acids is 1. The molecule has 0 radical (unpaired) electrons. The summed E-state index contributed by atoms with van der Waals surface area (Å²) >= 11 is 1.52. The average Bonchev–Trinajstić information content (AvgIpc) is 3.36. The number of aromatic nitrogens is 2. The van der Waals surface area contributed by atoms with Gasteiger partial charge in [0.05, 0.1) is 21.2 Å². The van der Waals surface area contributed by atoms with Crippen molar-refractivity contribution in [3.63, 3.8) is 0 Å². The highest BCUT2D eigenvalue weighted by atomic mass is 32.2. The minimum atomic E-state index is -3.92. The first kappa shape index (κ1) is 21.7. The van der Waals surface area contributed by atoms with Gasteiger partial charge in [-0.15, -0.1) is 0 Å². The molecule has 6 nitrogen and oxygen atoms in total. The fraction of sp³-hybridized carbons (Fsp3) is 0.273. The molecule has 0 N–H and O–H groups in total. The lowest BCUT2D eigenvalue weighted by molar-refractivity contribution is 0.0813. The molecule has 1 aliphatic heterocycles. The highest BCUT2D eigenvalue weighted by molar-refractivity contribution is 7.99. The topological polar surface area (TPSA) is 72.3 Å². The number of hydrogen-bond donors (Lipinski definition) is 0. The molecular formula is C22H22FN3O3S2. The van der Waals surface area contributed by atoms with E-state index in [0.29, 0.717) is 24.2 Å². The highest BCUT2D eigenvalue weighted by Gasteiger charge is 2.41. The van der Waals surface area contributed by atoms with Crippen LogP contribution in [0.5, 0.6) is 0 Å². The summed E-state index contributed by atoms with van der Waals surface area (Å²) in [5, 5.41) is 4.43. The van der Waals surface area contributed by atoms with E-state index in [2.05, 4.69) is 5.10 Å². The van der Waals surface area contributed by atoms with Crippen LogP contribution < -0.4 is 0 Å². The molecule has 31 heavy (non-hydrogen) atoms. The molecule has 1 aromatic heterocycles. The summed E-state index contributed by atoms with van der Waals surface area (Å²) in [5.74, 6) is -0.886. The van der Waals surface area contributed by atoms with Crippen LogP contribution in [0.1, 0.15) is 29.0 Å². The van der Waals surface area contributed by atoms with Crippen molar-refractivity contribution < 1.29 is 17.6 Å². The summed E-state index contributed by atoms with van der Waals surface area (Å²) in [6.45, 7) is 3.89. The largest absolute Gasteiger partial charge is 0.271 e. The Balaban J connectivity index is 1.63. The van der Waals surface area contributed by atoms with Crippen LogP contribution >= 0.6 is 11.8 Å². The molecule has 2 heterocycles. The first-order chi connectivity index (χ1) is 14.8. The minimum absolute atomic E-state index is 0.0257. The molecule has 0 unspecified atom stereocenters. The molecule has 1 aliphatic rings. The molecule has 3 aromatic rings. The average molecular weight is 460 g/mol. The quantitative estimate of drug-likeness (QED) is 0.569. The van der Waals surface area contributed by atoms with E-state index in [4.69, 9.17) is 0 Å². The van der Waals surface area contributed by atoms with Gasteiger partial charge in [-0.2, -0.15) is 9.40 Å². The van der Waals surface area contributed by atoms with Gasteiger partial charge in [0, 0.05) is 11.4 Å². The second-order valence-electron chi connectivity index (χ2n) is 7.39. The number of carbonyl (C=O) groups is 1. The van der Waals surface area contributed by atoms with Gasteiger partial charge in [0.25, 0.3) is 5.91 Å². The van der Waals surface area contributed by atoms with Crippen molar-refractivity contribution in [1.29, 1.82) is 0 Å². The van der Waals surface area contributed by atoms with Crippen molar-refractivity contribution in [2.75, 3.05) is 6.54 Å². The van der Waals surface area contributed by atoms with Crippen molar-refractivity contribution in [3.05, 3.63) is 71.8 Å². The zero-order chi connectivity index (χ0) is 22.2. The molecule has 0 bridgehead atoms. The molecule has 162 valence electrons. The minimum Gasteiger partial charge on any atom is -0.271 e. The normalized spacial score (nSPS) is 17.2. The Morgan fingerprint density at radius 2 is 1.77 bits per heavy atom. The van der Waals surface area contributed by atoms with Crippen LogP contribution in [-0.4, -0.2) is 41.0 Å². The Morgan fingerprint density at radius 1 is 1.10 bits per heavy atom. The zero-order valence-corrected chi connectivity index (χ0v) is 18.8. The number of sulfonamides is 1. The van der Waals surface area contributed by atoms with E-state index < -0.39 is 21.9 Å². The lowest BCUT2D eigenvalue weighted by Gasteiger charge is -2.23. The number of hydrogen-bond acceptors (Lipinski definition) is 5. The van der Waals surface area contributed by atoms with E-state index >= 15 is 0 Å². The second kappa shape index (κ2) is 8.57. The zero-order valence-electron chi connectivity index (χ0n) is 17.2. The number of halogens is 1. The number of rotatable bonds is 5. The standard InChI is InChI=1S/C22H22FN3O3S2/c1-15-21(30-18-7-4-3-5-8-18)16(2)26(24-15)22(27)20-9-6-14-25(20)31(28,29)19-12-10-17(23)11-13-19/h3-5,7-8,10-13,20H,6,9,14H2,1-2H3/t20-/m0/s1. The smallest absolute Gasteiger partial charge is 0.265 e. The molecular weight excluding hydrogens is 437 g/mol. The maximum absolute atomic E-state index is 13.4. The van der Waals surface area contributed by atoms with Gasteiger partial charge >= 0.3 is 0 Å². The first-order valence-electron chi connectivity index (χ1n) is 9.90. The molecule has 4 rings (SSSR count). The van der Waals surface area contributed by atoms with Crippen molar-refractivity contribution in [1.82, 2.24) is 14.1 Å². The highest BCUT2D eigenvalue weighted by Crippen LogP contribution is 2.34. The Morgan fingerprint density at radius 3 is 2.45 bits per heavy atom. The lowest BCUT2D eigenvalue weighted by atomic mass is 10.2. The SMILES string of the molecule is Cc1nn(C(=O)[C@@H]2CCCN2S(=O)(=O)c2ccc(F)cc2)c(C)c1Sc1ccccc1. The Kier molecular flexibility index (Phi) is 6.00. The Hall–Kier alpha value is -2.49. The fourth-order valence-corrected chi connectivity index (χ4v) is 6.36. The number of nitrogens with zero attached hydrogens (tertiary/aromatic N) is 3. The van der Waals surface area contributed by atoms with E-state index in [1.165, 1.54) is 32.9 Å². The molecule has 1 atom stereocenters. The van der Waals surface area contributed by atoms with Gasteiger partial charge in [-0.05, 0) is 63.1 Å². The maximum Gasteiger partial charge on any atom is 0.265 e. The van der Waals surface area contributed by atoms with E-state index in [9.17, 15) is 17.6 Å². The third-order valence-corrected chi connectivity index (χ3v) is 8.53. The first-order valence-corrected chi connectivity index (χ1v) is 12.2. The van der Waals surface area contributed by atoms with Gasteiger partial charge < -0.3 is 0 Å². The van der Waals surface area contributed by atoms with Crippen LogP contribution in [0.15, 0.2) is 69.3 Å². The predicted molar refractivity (Wildman–Crippen MR) is 116 cm³/mol. The summed E-state index contributed by atoms with van der Waals surface area (Å²) in [6, 6.07) is 13.6. The Bertz CT molecular complexity index is 1210. The third kappa shape index (κ3) is 4.17. The molecule has 0 amide bonds. The summed E-state index contributed by atoms with van der Waals surface area (Å²) in [5.41, 5.74) is 1.40. The molecule has 9 heteroatoms. The number of benzene rings is 2. The third-order valence-electron chi connectivity index (χ3n) is 5.31. The molecule has 0 saturated carbocycles. The van der Waals surface area contributed by atoms with Crippen molar-refractivity contribution in [2.45, 2.75) is 47.4 Å². The van der Waals surface area contributed by atoms with Gasteiger partial charge in [0.15, 0.2) is 0 Å². The van der Waals surface area contributed by atoms with Gasteiger partial charge in [0.1, 0.15) is 11.9 Å². The maximum atomic E-state index is 13.4. The fourth-order valence-electron chi connectivity index (χ4n) is 3.75. The summed E-state index contributed by atoms with van der Waals surface area (Å²) < 4.78 is 42.0. The Labute approximate surface area is 185 Å². The van der Waals surface area contributed by atoms with Crippen LogP contribution in [0.4, 0.5) is 4.39 Å². The monoisotopic (exact) mass is 459 g/mol. The molecule has 1 fully saturated rings. The van der Waals surface area contributed by atoms with Crippen LogP contribution in [0.3, 0.4) is 0 Å². The van der Waals surface area contributed by atoms with Crippen LogP contribution in [0.2, 0.25) is 0 Å². The summed E-state index contributed by atoms with van der Waals surface area (Å²) in [4.78, 5) is 15.2.